The van der Waals surface area contributed by atoms with E-state index in [1.165, 1.54) is 0 Å². The molecule has 0 aliphatic heterocycles. The summed E-state index contributed by atoms with van der Waals surface area (Å²) in [5.74, 6) is 0. The van der Waals surface area contributed by atoms with Gasteiger partial charge in [-0.25, -0.2) is 0 Å². The molecule has 0 bridgehead atoms. The van der Waals surface area contributed by atoms with E-state index >= 15 is 0 Å². The maximum Gasteiger partial charge on any atom is 0.313 e. The lowest BCUT2D eigenvalue weighted by molar-refractivity contribution is -0.386. The highest BCUT2D eigenvalue weighted by Crippen LogP contribution is 2.25. The summed E-state index contributed by atoms with van der Waals surface area (Å²) < 4.78 is 1.66. The average molecular weight is 255 g/mol. The van der Waals surface area contributed by atoms with Crippen molar-refractivity contribution in [3.05, 3.63) is 21.5 Å². The van der Waals surface area contributed by atoms with E-state index in [2.05, 4.69) is 5.10 Å². The Hall–Kier alpha value is -1.43. The van der Waals surface area contributed by atoms with Crippen LogP contribution >= 0.6 is 0 Å². The van der Waals surface area contributed by atoms with Gasteiger partial charge in [-0.15, -0.1) is 0 Å². The first-order valence-corrected chi connectivity index (χ1v) is 6.25. The Morgan fingerprint density at radius 2 is 2.00 bits per heavy atom. The second-order valence-electron chi connectivity index (χ2n) is 4.99. The van der Waals surface area contributed by atoms with Gasteiger partial charge in [-0.1, -0.05) is 13.8 Å². The highest BCUT2D eigenvalue weighted by atomic mass is 16.6. The molecular weight excluding hydrogens is 234 g/mol. The third-order valence-electron chi connectivity index (χ3n) is 2.89. The smallest absolute Gasteiger partial charge is 0.313 e. The van der Waals surface area contributed by atoms with Crippen LogP contribution in [0.15, 0.2) is 0 Å². The van der Waals surface area contributed by atoms with E-state index in [1.54, 1.807) is 18.5 Å². The van der Waals surface area contributed by atoms with Crippen LogP contribution in [-0.2, 0) is 19.4 Å². The van der Waals surface area contributed by atoms with E-state index in [-0.39, 0.29) is 10.6 Å². The molecule has 6 heteroatoms. The van der Waals surface area contributed by atoms with Crippen molar-refractivity contribution in [2.75, 3.05) is 0 Å². The molecule has 6 nitrogen and oxygen atoms in total. The highest BCUT2D eigenvalue weighted by Gasteiger charge is 2.26. The Kier molecular flexibility index (Phi) is 4.45. The van der Waals surface area contributed by atoms with Gasteiger partial charge in [-0.2, -0.15) is 5.10 Å². The molecular formula is C12H21N3O3. The average Bonchev–Trinajstić information content (AvgIpc) is 2.63. The molecule has 0 saturated heterocycles. The quantitative estimate of drug-likeness (QED) is 0.623. The maximum atomic E-state index is 11.1. The number of nitrogens with zero attached hydrogens (tertiary/aromatic N) is 3. The Labute approximate surface area is 107 Å². The fraction of sp³-hybridized carbons (Fsp3) is 0.750. The van der Waals surface area contributed by atoms with Crippen molar-refractivity contribution in [2.45, 2.75) is 59.1 Å². The van der Waals surface area contributed by atoms with Gasteiger partial charge in [-0.3, -0.25) is 14.8 Å². The van der Waals surface area contributed by atoms with Crippen molar-refractivity contribution < 1.29 is 10.0 Å². The van der Waals surface area contributed by atoms with Crippen molar-refractivity contribution in [1.29, 1.82) is 0 Å². The van der Waals surface area contributed by atoms with Crippen molar-refractivity contribution >= 4 is 5.69 Å². The van der Waals surface area contributed by atoms with Gasteiger partial charge in [0.15, 0.2) is 0 Å². The van der Waals surface area contributed by atoms with Crippen molar-refractivity contribution in [3.63, 3.8) is 0 Å². The lowest BCUT2D eigenvalue weighted by atomic mass is 10.1. The van der Waals surface area contributed by atoms with Gasteiger partial charge in [0.05, 0.1) is 10.5 Å². The minimum atomic E-state index is -0.794. The van der Waals surface area contributed by atoms with Crippen LogP contribution in [-0.4, -0.2) is 25.4 Å². The fourth-order valence-electron chi connectivity index (χ4n) is 1.91. The van der Waals surface area contributed by atoms with E-state index in [1.807, 2.05) is 13.8 Å². The van der Waals surface area contributed by atoms with Gasteiger partial charge in [0.25, 0.3) is 0 Å². The number of nitro groups is 1. The number of aryl methyl sites for hydroxylation is 2. The van der Waals surface area contributed by atoms with E-state index in [9.17, 15) is 15.2 Å². The summed E-state index contributed by atoms with van der Waals surface area (Å²) in [6.07, 6.45) is 1.62. The van der Waals surface area contributed by atoms with Gasteiger partial charge < -0.3 is 5.11 Å². The zero-order valence-electron chi connectivity index (χ0n) is 11.4. The first-order chi connectivity index (χ1) is 8.30. The Morgan fingerprint density at radius 1 is 1.39 bits per heavy atom. The molecule has 0 aliphatic rings. The third kappa shape index (κ3) is 3.29. The van der Waals surface area contributed by atoms with E-state index in [4.69, 9.17) is 0 Å². The molecule has 1 N–H and O–H groups in total. The molecule has 0 spiro atoms. The van der Waals surface area contributed by atoms with Crippen molar-refractivity contribution in [2.24, 2.45) is 0 Å². The molecule has 1 aromatic heterocycles. The van der Waals surface area contributed by atoms with Crippen LogP contribution in [0.2, 0.25) is 0 Å². The number of aliphatic hydroxyl groups is 1. The second-order valence-corrected chi connectivity index (χ2v) is 4.99. The molecule has 1 heterocycles. The molecule has 0 radical (unpaired) electrons. The largest absolute Gasteiger partial charge is 0.390 e. The monoisotopic (exact) mass is 255 g/mol. The van der Waals surface area contributed by atoms with E-state index in [0.717, 1.165) is 0 Å². The Balaban J connectivity index is 3.09. The van der Waals surface area contributed by atoms with Gasteiger partial charge in [0, 0.05) is 6.54 Å². The maximum absolute atomic E-state index is 11.1. The zero-order valence-corrected chi connectivity index (χ0v) is 11.4. The summed E-state index contributed by atoms with van der Waals surface area (Å²) in [7, 11) is 0. The fourth-order valence-corrected chi connectivity index (χ4v) is 1.91. The molecule has 102 valence electrons. The van der Waals surface area contributed by atoms with Crippen LogP contribution in [0.5, 0.6) is 0 Å². The molecule has 0 amide bonds. The third-order valence-corrected chi connectivity index (χ3v) is 2.89. The molecule has 0 saturated carbocycles. The SMILES string of the molecule is CCc1nn(CCC(C)(C)O)c(CC)c1[N+](=O)[O-]. The van der Waals surface area contributed by atoms with Gasteiger partial charge in [-0.05, 0) is 33.1 Å². The van der Waals surface area contributed by atoms with E-state index < -0.39 is 5.60 Å². The molecule has 1 rings (SSSR count). The molecule has 1 aromatic rings. The number of aromatic nitrogens is 2. The predicted octanol–water partition coefficient (Wildman–Crippen LogP) is 2.08. The number of hydrogen-bond acceptors (Lipinski definition) is 4. The molecule has 0 fully saturated rings. The zero-order chi connectivity index (χ0) is 13.9. The summed E-state index contributed by atoms with van der Waals surface area (Å²) in [5.41, 5.74) is 0.502. The van der Waals surface area contributed by atoms with Crippen LogP contribution in [0.4, 0.5) is 5.69 Å². The molecule has 0 aliphatic carbocycles. The lowest BCUT2D eigenvalue weighted by Crippen LogP contribution is -2.22. The van der Waals surface area contributed by atoms with Crippen LogP contribution in [0.1, 0.15) is 45.5 Å². The first-order valence-electron chi connectivity index (χ1n) is 6.25. The summed E-state index contributed by atoms with van der Waals surface area (Å²) in [5, 5.41) is 25.1. The van der Waals surface area contributed by atoms with Gasteiger partial charge in [0.1, 0.15) is 11.4 Å². The summed E-state index contributed by atoms with van der Waals surface area (Å²) >= 11 is 0. The summed E-state index contributed by atoms with van der Waals surface area (Å²) in [6, 6.07) is 0. The van der Waals surface area contributed by atoms with Crippen molar-refractivity contribution in [1.82, 2.24) is 9.78 Å². The second kappa shape index (κ2) is 5.48. The summed E-state index contributed by atoms with van der Waals surface area (Å²) in [6.45, 7) is 7.67. The standard InChI is InChI=1S/C12H21N3O3/c1-5-9-11(15(17)18)10(6-2)14(13-9)8-7-12(3,4)16/h16H,5-8H2,1-4H3. The number of hydrogen-bond donors (Lipinski definition) is 1. The molecule has 18 heavy (non-hydrogen) atoms. The summed E-state index contributed by atoms with van der Waals surface area (Å²) in [4.78, 5) is 10.7. The van der Waals surface area contributed by atoms with Crippen molar-refractivity contribution in [3.8, 4) is 0 Å². The van der Waals surface area contributed by atoms with Crippen LogP contribution in [0, 0.1) is 10.1 Å². The Bertz CT molecular complexity index is 433. The Morgan fingerprint density at radius 3 is 2.39 bits per heavy atom. The van der Waals surface area contributed by atoms with Crippen LogP contribution < -0.4 is 0 Å². The molecule has 0 aromatic carbocycles. The molecule has 0 atom stereocenters. The lowest BCUT2D eigenvalue weighted by Gasteiger charge is -2.17. The van der Waals surface area contributed by atoms with Crippen LogP contribution in [0.25, 0.3) is 0 Å². The minimum Gasteiger partial charge on any atom is -0.390 e. The van der Waals surface area contributed by atoms with Gasteiger partial charge in [0.2, 0.25) is 0 Å². The number of rotatable bonds is 6. The topological polar surface area (TPSA) is 81.2 Å². The van der Waals surface area contributed by atoms with Crippen LogP contribution in [0.3, 0.4) is 0 Å². The minimum absolute atomic E-state index is 0.135. The highest BCUT2D eigenvalue weighted by molar-refractivity contribution is 5.41. The first kappa shape index (κ1) is 14.6. The molecule has 0 unspecified atom stereocenters. The predicted molar refractivity (Wildman–Crippen MR) is 68.6 cm³/mol. The van der Waals surface area contributed by atoms with E-state index in [0.29, 0.717) is 37.2 Å². The van der Waals surface area contributed by atoms with Gasteiger partial charge >= 0.3 is 5.69 Å². The normalized spacial score (nSPS) is 11.8.